The summed E-state index contributed by atoms with van der Waals surface area (Å²) in [7, 11) is 1.65. The molecule has 4 heteroatoms. The minimum absolute atomic E-state index is 0.410. The molecule has 0 bridgehead atoms. The molecule has 0 aliphatic carbocycles. The van der Waals surface area contributed by atoms with Crippen LogP contribution < -0.4 is 15.8 Å². The quantitative estimate of drug-likeness (QED) is 0.461. The zero-order chi connectivity index (χ0) is 12.7. The Morgan fingerprint density at radius 2 is 2.35 bits per heavy atom. The number of nitrogens with two attached hydrogens (primary N) is 1. The molecule has 0 unspecified atom stereocenters. The van der Waals surface area contributed by atoms with Gasteiger partial charge in [-0.2, -0.15) is 0 Å². The van der Waals surface area contributed by atoms with Gasteiger partial charge in [0, 0.05) is 12.1 Å². The predicted molar refractivity (Wildman–Crippen MR) is 71.3 cm³/mol. The van der Waals surface area contributed by atoms with Crippen LogP contribution in [0.15, 0.2) is 35.8 Å². The monoisotopic (exact) mass is 233 g/mol. The normalized spacial score (nSPS) is 11.1. The Hall–Kier alpha value is -1.97. The molecule has 0 heterocycles. The van der Waals surface area contributed by atoms with Gasteiger partial charge in [-0.15, -0.1) is 6.58 Å². The number of aryl methyl sites for hydroxylation is 1. The topological polar surface area (TPSA) is 59.6 Å². The van der Waals surface area contributed by atoms with E-state index in [1.165, 1.54) is 0 Å². The van der Waals surface area contributed by atoms with Gasteiger partial charge in [0.05, 0.1) is 13.7 Å². The van der Waals surface area contributed by atoms with Crippen molar-refractivity contribution in [3.05, 3.63) is 42.0 Å². The third kappa shape index (κ3) is 4.18. The summed E-state index contributed by atoms with van der Waals surface area (Å²) in [6.45, 7) is 6.73. The van der Waals surface area contributed by atoms with Crippen LogP contribution in [0.4, 0.5) is 0 Å². The lowest BCUT2D eigenvalue weighted by molar-refractivity contribution is 0.409. The molecule has 0 radical (unpaired) electrons. The molecule has 0 atom stereocenters. The number of aliphatic imine (C=N–C) groups is 1. The average molecular weight is 233 g/mol. The first kappa shape index (κ1) is 13.1. The number of ether oxygens (including phenoxy) is 1. The first-order valence-electron chi connectivity index (χ1n) is 5.45. The molecule has 0 amide bonds. The van der Waals surface area contributed by atoms with Crippen LogP contribution >= 0.6 is 0 Å². The summed E-state index contributed by atoms with van der Waals surface area (Å²) in [5.41, 5.74) is 7.85. The number of methoxy groups -OCH3 is 1. The van der Waals surface area contributed by atoms with Crippen molar-refractivity contribution in [3.8, 4) is 5.75 Å². The highest BCUT2D eigenvalue weighted by atomic mass is 16.5. The Morgan fingerprint density at radius 1 is 1.59 bits per heavy atom. The Morgan fingerprint density at radius 3 is 3.00 bits per heavy atom. The summed E-state index contributed by atoms with van der Waals surface area (Å²) < 4.78 is 5.29. The Balaban J connectivity index is 2.71. The first-order valence-corrected chi connectivity index (χ1v) is 5.45. The Bertz CT molecular complexity index is 413. The van der Waals surface area contributed by atoms with Crippen LogP contribution in [0.25, 0.3) is 0 Å². The van der Waals surface area contributed by atoms with Crippen LogP contribution in [-0.4, -0.2) is 19.6 Å². The molecule has 1 aromatic carbocycles. The molecule has 1 aromatic rings. The summed E-state index contributed by atoms with van der Waals surface area (Å²) in [6, 6.07) is 6.01. The van der Waals surface area contributed by atoms with Crippen LogP contribution in [0.2, 0.25) is 0 Å². The number of guanidine groups is 1. The van der Waals surface area contributed by atoms with Crippen molar-refractivity contribution < 1.29 is 4.74 Å². The molecule has 3 N–H and O–H groups in total. The molecule has 92 valence electrons. The maximum atomic E-state index is 5.68. The fourth-order valence-electron chi connectivity index (χ4n) is 1.39. The smallest absolute Gasteiger partial charge is 0.189 e. The third-order valence-electron chi connectivity index (χ3n) is 2.29. The van der Waals surface area contributed by atoms with Gasteiger partial charge in [0.15, 0.2) is 5.96 Å². The summed E-state index contributed by atoms with van der Waals surface area (Å²) in [5, 5.41) is 2.92. The molecule has 17 heavy (non-hydrogen) atoms. The fraction of sp³-hybridized carbons (Fsp3) is 0.308. The molecule has 0 saturated heterocycles. The van der Waals surface area contributed by atoms with E-state index < -0.39 is 0 Å². The van der Waals surface area contributed by atoms with Crippen molar-refractivity contribution in [1.29, 1.82) is 0 Å². The maximum absolute atomic E-state index is 5.68. The van der Waals surface area contributed by atoms with E-state index in [1.54, 1.807) is 13.2 Å². The Labute approximate surface area is 102 Å². The van der Waals surface area contributed by atoms with Gasteiger partial charge < -0.3 is 15.8 Å². The molecule has 0 aromatic heterocycles. The van der Waals surface area contributed by atoms with Gasteiger partial charge in [-0.05, 0) is 18.6 Å². The summed E-state index contributed by atoms with van der Waals surface area (Å²) in [5.74, 6) is 1.25. The Kier molecular flexibility index (Phi) is 5.07. The fourth-order valence-corrected chi connectivity index (χ4v) is 1.39. The molecule has 0 aliphatic heterocycles. The molecule has 4 nitrogen and oxygen atoms in total. The predicted octanol–water partition coefficient (Wildman–Crippen LogP) is 1.59. The summed E-state index contributed by atoms with van der Waals surface area (Å²) in [6.07, 6.45) is 1.73. The van der Waals surface area contributed by atoms with E-state index in [4.69, 9.17) is 10.5 Å². The first-order chi connectivity index (χ1) is 8.17. The van der Waals surface area contributed by atoms with Crippen LogP contribution in [0.1, 0.15) is 11.1 Å². The second kappa shape index (κ2) is 6.58. The van der Waals surface area contributed by atoms with Crippen molar-refractivity contribution in [2.75, 3.05) is 13.7 Å². The van der Waals surface area contributed by atoms with Gasteiger partial charge in [0.2, 0.25) is 0 Å². The van der Waals surface area contributed by atoms with E-state index in [1.807, 2.05) is 25.1 Å². The van der Waals surface area contributed by atoms with Crippen molar-refractivity contribution in [1.82, 2.24) is 5.32 Å². The minimum atomic E-state index is 0.410. The zero-order valence-electron chi connectivity index (χ0n) is 10.4. The SMILES string of the molecule is C=CCNC(N)=NCc1ccc(C)cc1OC. The highest BCUT2D eigenvalue weighted by molar-refractivity contribution is 5.77. The van der Waals surface area contributed by atoms with Crippen molar-refractivity contribution in [3.63, 3.8) is 0 Å². The van der Waals surface area contributed by atoms with E-state index in [0.29, 0.717) is 19.0 Å². The highest BCUT2D eigenvalue weighted by Gasteiger charge is 2.02. The number of rotatable bonds is 5. The molecule has 0 saturated carbocycles. The van der Waals surface area contributed by atoms with Gasteiger partial charge in [-0.1, -0.05) is 18.2 Å². The molecule has 0 aliphatic rings. The number of nitrogens with one attached hydrogen (secondary N) is 1. The van der Waals surface area contributed by atoms with Crippen LogP contribution in [-0.2, 0) is 6.54 Å². The van der Waals surface area contributed by atoms with E-state index >= 15 is 0 Å². The lowest BCUT2D eigenvalue weighted by Crippen LogP contribution is -2.31. The van der Waals surface area contributed by atoms with Gasteiger partial charge in [-0.25, -0.2) is 4.99 Å². The van der Waals surface area contributed by atoms with E-state index in [-0.39, 0.29) is 0 Å². The van der Waals surface area contributed by atoms with Crippen molar-refractivity contribution in [2.24, 2.45) is 10.7 Å². The molecular weight excluding hydrogens is 214 g/mol. The molecule has 0 fully saturated rings. The number of benzene rings is 1. The molecular formula is C13H19N3O. The van der Waals surface area contributed by atoms with Crippen LogP contribution in [0.5, 0.6) is 5.75 Å². The van der Waals surface area contributed by atoms with Crippen molar-refractivity contribution >= 4 is 5.96 Å². The summed E-state index contributed by atoms with van der Waals surface area (Å²) >= 11 is 0. The van der Waals surface area contributed by atoms with Gasteiger partial charge in [0.25, 0.3) is 0 Å². The lowest BCUT2D eigenvalue weighted by Gasteiger charge is -2.08. The number of nitrogens with zero attached hydrogens (tertiary/aromatic N) is 1. The van der Waals surface area contributed by atoms with Crippen LogP contribution in [0, 0.1) is 6.92 Å². The second-order valence-electron chi connectivity index (χ2n) is 3.69. The highest BCUT2D eigenvalue weighted by Crippen LogP contribution is 2.20. The van der Waals surface area contributed by atoms with E-state index in [0.717, 1.165) is 16.9 Å². The van der Waals surface area contributed by atoms with E-state index in [9.17, 15) is 0 Å². The maximum Gasteiger partial charge on any atom is 0.189 e. The number of hydrogen-bond acceptors (Lipinski definition) is 2. The van der Waals surface area contributed by atoms with Crippen LogP contribution in [0.3, 0.4) is 0 Å². The zero-order valence-corrected chi connectivity index (χ0v) is 10.4. The van der Waals surface area contributed by atoms with Gasteiger partial charge >= 0.3 is 0 Å². The van der Waals surface area contributed by atoms with Gasteiger partial charge in [0.1, 0.15) is 5.75 Å². The van der Waals surface area contributed by atoms with Crippen molar-refractivity contribution in [2.45, 2.75) is 13.5 Å². The molecule has 0 spiro atoms. The lowest BCUT2D eigenvalue weighted by atomic mass is 10.1. The van der Waals surface area contributed by atoms with Gasteiger partial charge in [-0.3, -0.25) is 0 Å². The average Bonchev–Trinajstić information content (AvgIpc) is 2.34. The minimum Gasteiger partial charge on any atom is -0.496 e. The summed E-state index contributed by atoms with van der Waals surface area (Å²) in [4.78, 5) is 4.23. The standard InChI is InChI=1S/C13H19N3O/c1-4-7-15-13(14)16-9-11-6-5-10(2)8-12(11)17-3/h4-6,8H,1,7,9H2,2-3H3,(H3,14,15,16). The number of hydrogen-bond donors (Lipinski definition) is 2. The largest absolute Gasteiger partial charge is 0.496 e. The van der Waals surface area contributed by atoms with E-state index in [2.05, 4.69) is 16.9 Å². The third-order valence-corrected chi connectivity index (χ3v) is 2.29. The second-order valence-corrected chi connectivity index (χ2v) is 3.69. The molecule has 1 rings (SSSR count).